The zero-order valence-electron chi connectivity index (χ0n) is 14.1. The predicted molar refractivity (Wildman–Crippen MR) is 91.6 cm³/mol. The minimum atomic E-state index is -0.0791. The van der Waals surface area contributed by atoms with E-state index in [4.69, 9.17) is 11.6 Å². The van der Waals surface area contributed by atoms with Gasteiger partial charge >= 0.3 is 0 Å². The van der Waals surface area contributed by atoms with Gasteiger partial charge in [0.2, 0.25) is 0 Å². The Morgan fingerprint density at radius 3 is 2.68 bits per heavy atom. The predicted octanol–water partition coefficient (Wildman–Crippen LogP) is 5.29. The van der Waals surface area contributed by atoms with Crippen molar-refractivity contribution in [3.05, 3.63) is 22.8 Å². The van der Waals surface area contributed by atoms with Crippen LogP contribution in [0.1, 0.15) is 59.3 Å². The number of allylic oxidation sites excluding steroid dienone is 4. The van der Waals surface area contributed by atoms with Crippen molar-refractivity contribution in [2.45, 2.75) is 65.4 Å². The standard InChI is InChI=1S/C20H29ClO/c1-12-10-13-11-14(21)6-8-19(13,2)16-7-9-20(3)15(18(12)16)4-5-17(20)22/h10-12,15-18,22H,4-9H2,1-3H3/t12-,15+,16+,17+,18+,19+,20+/m1/s1. The fraction of sp³-hybridized carbons (Fsp3) is 0.800. The Kier molecular flexibility index (Phi) is 3.38. The minimum absolute atomic E-state index is 0.0791. The first kappa shape index (κ1) is 15.3. The third kappa shape index (κ3) is 1.88. The summed E-state index contributed by atoms with van der Waals surface area (Å²) in [5, 5.41) is 11.6. The lowest BCUT2D eigenvalue weighted by Crippen LogP contribution is -2.52. The molecule has 2 fully saturated rings. The molecule has 1 N–H and O–H groups in total. The van der Waals surface area contributed by atoms with Gasteiger partial charge in [-0.05, 0) is 84.7 Å². The minimum Gasteiger partial charge on any atom is -0.393 e. The highest BCUT2D eigenvalue weighted by molar-refractivity contribution is 6.29. The molecule has 0 aliphatic heterocycles. The molecule has 0 aromatic rings. The Bertz CT molecular complexity index is 550. The Morgan fingerprint density at radius 1 is 1.14 bits per heavy atom. The monoisotopic (exact) mass is 320 g/mol. The number of halogens is 1. The van der Waals surface area contributed by atoms with E-state index < -0.39 is 0 Å². The van der Waals surface area contributed by atoms with Crippen molar-refractivity contribution < 1.29 is 5.11 Å². The fourth-order valence-corrected chi connectivity index (χ4v) is 6.82. The molecule has 4 rings (SSSR count). The van der Waals surface area contributed by atoms with E-state index in [2.05, 4.69) is 32.9 Å². The van der Waals surface area contributed by atoms with Crippen LogP contribution >= 0.6 is 11.6 Å². The Hall–Kier alpha value is -0.270. The van der Waals surface area contributed by atoms with Crippen molar-refractivity contribution in [3.63, 3.8) is 0 Å². The van der Waals surface area contributed by atoms with Crippen LogP contribution in [0.5, 0.6) is 0 Å². The first-order valence-corrected chi connectivity index (χ1v) is 9.50. The number of aliphatic hydroxyl groups excluding tert-OH is 1. The molecule has 2 saturated carbocycles. The summed E-state index contributed by atoms with van der Waals surface area (Å²) in [7, 11) is 0. The van der Waals surface area contributed by atoms with Gasteiger partial charge in [0.25, 0.3) is 0 Å². The van der Waals surface area contributed by atoms with Crippen LogP contribution in [0.15, 0.2) is 22.8 Å². The van der Waals surface area contributed by atoms with E-state index in [1.165, 1.54) is 31.3 Å². The quantitative estimate of drug-likeness (QED) is 0.643. The maximum atomic E-state index is 10.5. The van der Waals surface area contributed by atoms with Crippen LogP contribution in [0.2, 0.25) is 0 Å². The van der Waals surface area contributed by atoms with Gasteiger partial charge in [-0.3, -0.25) is 0 Å². The highest BCUT2D eigenvalue weighted by Crippen LogP contribution is 2.65. The molecule has 2 heteroatoms. The SMILES string of the molecule is C[C@@H]1C=C2C=C(Cl)CC[C@]2(C)[C@H]2CC[C@]3(C)[C@@H](O)CC[C@H]3[C@H]12. The second-order valence-electron chi connectivity index (χ2n) is 8.92. The zero-order chi connectivity index (χ0) is 15.7. The summed E-state index contributed by atoms with van der Waals surface area (Å²) >= 11 is 6.34. The maximum absolute atomic E-state index is 10.5. The van der Waals surface area contributed by atoms with Crippen molar-refractivity contribution >= 4 is 11.6 Å². The van der Waals surface area contributed by atoms with Crippen molar-refractivity contribution in [1.29, 1.82) is 0 Å². The van der Waals surface area contributed by atoms with Gasteiger partial charge < -0.3 is 5.11 Å². The maximum Gasteiger partial charge on any atom is 0.0596 e. The first-order valence-electron chi connectivity index (χ1n) is 9.13. The third-order valence-electron chi connectivity index (χ3n) is 8.01. The highest BCUT2D eigenvalue weighted by atomic mass is 35.5. The molecule has 7 atom stereocenters. The van der Waals surface area contributed by atoms with Crippen LogP contribution in [0.4, 0.5) is 0 Å². The van der Waals surface area contributed by atoms with E-state index in [0.29, 0.717) is 17.3 Å². The molecule has 0 spiro atoms. The second-order valence-corrected chi connectivity index (χ2v) is 9.40. The number of fused-ring (bicyclic) bond motifs is 5. The number of aliphatic hydroxyl groups is 1. The van der Waals surface area contributed by atoms with Gasteiger partial charge in [0.15, 0.2) is 0 Å². The summed E-state index contributed by atoms with van der Waals surface area (Å²) in [5.74, 6) is 2.83. The van der Waals surface area contributed by atoms with Crippen LogP contribution in [0.3, 0.4) is 0 Å². The van der Waals surface area contributed by atoms with E-state index in [-0.39, 0.29) is 11.5 Å². The molecular weight excluding hydrogens is 292 g/mol. The Balaban J connectivity index is 1.77. The molecule has 1 nitrogen and oxygen atoms in total. The molecule has 0 aromatic carbocycles. The van der Waals surface area contributed by atoms with Gasteiger partial charge in [0.05, 0.1) is 6.10 Å². The van der Waals surface area contributed by atoms with Crippen LogP contribution in [0.25, 0.3) is 0 Å². The molecule has 22 heavy (non-hydrogen) atoms. The van der Waals surface area contributed by atoms with Crippen LogP contribution in [0, 0.1) is 34.5 Å². The fourth-order valence-electron chi connectivity index (χ4n) is 6.61. The largest absolute Gasteiger partial charge is 0.393 e. The van der Waals surface area contributed by atoms with E-state index in [0.717, 1.165) is 29.7 Å². The molecule has 0 radical (unpaired) electrons. The van der Waals surface area contributed by atoms with E-state index in [1.807, 2.05) is 0 Å². The van der Waals surface area contributed by atoms with E-state index in [9.17, 15) is 5.11 Å². The lowest BCUT2D eigenvalue weighted by atomic mass is 9.47. The van der Waals surface area contributed by atoms with Gasteiger partial charge in [-0.15, -0.1) is 0 Å². The summed E-state index contributed by atoms with van der Waals surface area (Å²) in [6, 6.07) is 0. The van der Waals surface area contributed by atoms with Crippen molar-refractivity contribution in [2.24, 2.45) is 34.5 Å². The normalized spacial score (nSPS) is 54.0. The van der Waals surface area contributed by atoms with E-state index in [1.54, 1.807) is 0 Å². The second kappa shape index (κ2) is 4.86. The van der Waals surface area contributed by atoms with Gasteiger partial charge in [-0.25, -0.2) is 0 Å². The molecule has 0 amide bonds. The van der Waals surface area contributed by atoms with Gasteiger partial charge in [-0.1, -0.05) is 38.4 Å². The summed E-state index contributed by atoms with van der Waals surface area (Å²) < 4.78 is 0. The molecular formula is C20H29ClO. The van der Waals surface area contributed by atoms with Gasteiger partial charge in [-0.2, -0.15) is 0 Å². The number of rotatable bonds is 0. The van der Waals surface area contributed by atoms with Crippen molar-refractivity contribution in [3.8, 4) is 0 Å². The zero-order valence-corrected chi connectivity index (χ0v) is 14.9. The molecule has 122 valence electrons. The molecule has 0 aromatic heterocycles. The lowest BCUT2D eigenvalue weighted by Gasteiger charge is -2.58. The molecule has 0 heterocycles. The van der Waals surface area contributed by atoms with Gasteiger partial charge in [0.1, 0.15) is 0 Å². The molecule has 0 saturated heterocycles. The average molecular weight is 321 g/mol. The topological polar surface area (TPSA) is 20.2 Å². The van der Waals surface area contributed by atoms with Crippen molar-refractivity contribution in [1.82, 2.24) is 0 Å². The molecule has 0 unspecified atom stereocenters. The van der Waals surface area contributed by atoms with Crippen LogP contribution in [-0.4, -0.2) is 11.2 Å². The third-order valence-corrected chi connectivity index (χ3v) is 8.30. The van der Waals surface area contributed by atoms with Gasteiger partial charge in [0, 0.05) is 5.03 Å². The lowest BCUT2D eigenvalue weighted by molar-refractivity contribution is -0.0762. The number of hydrogen-bond acceptors (Lipinski definition) is 1. The average Bonchev–Trinajstić information content (AvgIpc) is 2.77. The Morgan fingerprint density at radius 2 is 1.91 bits per heavy atom. The molecule has 0 bridgehead atoms. The smallest absolute Gasteiger partial charge is 0.0596 e. The summed E-state index contributed by atoms with van der Waals surface area (Å²) in [6.07, 6.45) is 11.6. The molecule has 4 aliphatic carbocycles. The summed E-state index contributed by atoms with van der Waals surface area (Å²) in [4.78, 5) is 0. The first-order chi connectivity index (χ1) is 10.4. The summed E-state index contributed by atoms with van der Waals surface area (Å²) in [6.45, 7) is 7.24. The van der Waals surface area contributed by atoms with Crippen molar-refractivity contribution in [2.75, 3.05) is 0 Å². The van der Waals surface area contributed by atoms with Crippen LogP contribution < -0.4 is 0 Å². The molecule has 4 aliphatic rings. The Labute approximate surface area is 139 Å². The van der Waals surface area contributed by atoms with Crippen LogP contribution in [-0.2, 0) is 0 Å². The number of hydrogen-bond donors (Lipinski definition) is 1. The highest BCUT2D eigenvalue weighted by Gasteiger charge is 2.59. The summed E-state index contributed by atoms with van der Waals surface area (Å²) in [5.41, 5.74) is 1.98. The van der Waals surface area contributed by atoms with E-state index >= 15 is 0 Å².